The van der Waals surface area contributed by atoms with Crippen molar-refractivity contribution in [2.45, 2.75) is 63.3 Å². The number of hydrogen-bond acceptors (Lipinski definition) is 3. The average Bonchev–Trinajstić information content (AvgIpc) is 3.13. The number of nitrogens with one attached hydrogen (secondary N) is 1. The lowest BCUT2D eigenvalue weighted by molar-refractivity contribution is -0.163. The third-order valence-corrected chi connectivity index (χ3v) is 5.05. The second-order valence-electron chi connectivity index (χ2n) is 6.34. The SMILES string of the molecule is COC1CC(N2C(=O)C(C)(C3CC3)NC(=O)C2C)C1. The van der Waals surface area contributed by atoms with Crippen molar-refractivity contribution in [2.24, 2.45) is 5.92 Å². The van der Waals surface area contributed by atoms with Crippen LogP contribution in [0.3, 0.4) is 0 Å². The van der Waals surface area contributed by atoms with Gasteiger partial charge in [-0.05, 0) is 45.4 Å². The number of piperazine rings is 1. The van der Waals surface area contributed by atoms with Gasteiger partial charge < -0.3 is 15.0 Å². The summed E-state index contributed by atoms with van der Waals surface area (Å²) in [6.45, 7) is 3.70. The molecule has 2 saturated carbocycles. The van der Waals surface area contributed by atoms with Crippen molar-refractivity contribution in [2.75, 3.05) is 7.11 Å². The van der Waals surface area contributed by atoms with Gasteiger partial charge in [-0.3, -0.25) is 9.59 Å². The van der Waals surface area contributed by atoms with Crippen LogP contribution >= 0.6 is 0 Å². The molecule has 19 heavy (non-hydrogen) atoms. The number of amides is 2. The maximum absolute atomic E-state index is 12.8. The van der Waals surface area contributed by atoms with Crippen molar-refractivity contribution in [3.63, 3.8) is 0 Å². The highest BCUT2D eigenvalue weighted by atomic mass is 16.5. The molecule has 0 aromatic heterocycles. The van der Waals surface area contributed by atoms with Crippen LogP contribution in [0.4, 0.5) is 0 Å². The Balaban J connectivity index is 1.80. The van der Waals surface area contributed by atoms with Crippen LogP contribution < -0.4 is 5.32 Å². The van der Waals surface area contributed by atoms with Gasteiger partial charge in [-0.25, -0.2) is 0 Å². The average molecular weight is 266 g/mol. The summed E-state index contributed by atoms with van der Waals surface area (Å²) in [6, 6.07) is -0.196. The van der Waals surface area contributed by atoms with Crippen LogP contribution in [0.25, 0.3) is 0 Å². The van der Waals surface area contributed by atoms with Crippen molar-refractivity contribution < 1.29 is 14.3 Å². The molecule has 3 fully saturated rings. The Morgan fingerprint density at radius 2 is 1.95 bits per heavy atom. The van der Waals surface area contributed by atoms with E-state index >= 15 is 0 Å². The minimum absolute atomic E-state index is 0.0186. The molecule has 1 aliphatic heterocycles. The van der Waals surface area contributed by atoms with Crippen molar-refractivity contribution in [1.82, 2.24) is 10.2 Å². The Hall–Kier alpha value is -1.10. The highest BCUT2D eigenvalue weighted by Crippen LogP contribution is 2.43. The summed E-state index contributed by atoms with van der Waals surface area (Å²) in [5, 5.41) is 2.95. The first-order valence-corrected chi connectivity index (χ1v) is 7.15. The molecule has 1 saturated heterocycles. The third kappa shape index (κ3) is 1.86. The minimum atomic E-state index is -0.679. The van der Waals surface area contributed by atoms with E-state index in [1.54, 1.807) is 7.11 Å². The Labute approximate surface area is 113 Å². The minimum Gasteiger partial charge on any atom is -0.381 e. The van der Waals surface area contributed by atoms with Gasteiger partial charge in [0.15, 0.2) is 0 Å². The van der Waals surface area contributed by atoms with Crippen LogP contribution in [0, 0.1) is 5.92 Å². The Morgan fingerprint density at radius 1 is 1.32 bits per heavy atom. The summed E-state index contributed by atoms with van der Waals surface area (Å²) in [5.41, 5.74) is -0.679. The maximum Gasteiger partial charge on any atom is 0.249 e. The quantitative estimate of drug-likeness (QED) is 0.817. The van der Waals surface area contributed by atoms with E-state index in [1.165, 1.54) is 0 Å². The van der Waals surface area contributed by atoms with Gasteiger partial charge in [-0.2, -0.15) is 0 Å². The zero-order valence-electron chi connectivity index (χ0n) is 11.8. The van der Waals surface area contributed by atoms with E-state index in [2.05, 4.69) is 5.32 Å². The van der Waals surface area contributed by atoms with E-state index in [-0.39, 0.29) is 30.0 Å². The molecule has 2 amide bonds. The third-order valence-electron chi connectivity index (χ3n) is 5.05. The van der Waals surface area contributed by atoms with E-state index in [0.29, 0.717) is 5.92 Å². The Kier molecular flexibility index (Phi) is 2.85. The largest absolute Gasteiger partial charge is 0.381 e. The smallest absolute Gasteiger partial charge is 0.249 e. The first kappa shape index (κ1) is 12.9. The predicted molar refractivity (Wildman–Crippen MR) is 69.4 cm³/mol. The van der Waals surface area contributed by atoms with Crippen LogP contribution in [0.15, 0.2) is 0 Å². The molecule has 2 aliphatic carbocycles. The van der Waals surface area contributed by atoms with Crippen molar-refractivity contribution in [1.29, 1.82) is 0 Å². The summed E-state index contributed by atoms with van der Waals surface area (Å²) < 4.78 is 5.28. The monoisotopic (exact) mass is 266 g/mol. The van der Waals surface area contributed by atoms with Crippen LogP contribution in [-0.4, -0.2) is 47.6 Å². The molecule has 0 radical (unpaired) electrons. The first-order chi connectivity index (χ1) is 8.97. The predicted octanol–water partition coefficient (Wildman–Crippen LogP) is 0.679. The van der Waals surface area contributed by atoms with Gasteiger partial charge in [-0.1, -0.05) is 0 Å². The van der Waals surface area contributed by atoms with Crippen LogP contribution in [0.2, 0.25) is 0 Å². The number of hydrogen-bond donors (Lipinski definition) is 1. The lowest BCUT2D eigenvalue weighted by Gasteiger charge is -2.51. The van der Waals surface area contributed by atoms with Crippen LogP contribution in [0.5, 0.6) is 0 Å². The van der Waals surface area contributed by atoms with Gasteiger partial charge in [0.2, 0.25) is 11.8 Å². The molecule has 3 aliphatic rings. The maximum atomic E-state index is 12.8. The van der Waals surface area contributed by atoms with Gasteiger partial charge in [-0.15, -0.1) is 0 Å². The van der Waals surface area contributed by atoms with Gasteiger partial charge in [0.25, 0.3) is 0 Å². The molecular formula is C14H22N2O3. The standard InChI is InChI=1S/C14H22N2O3/c1-8-12(17)15-14(2,9-4-5-9)13(18)16(8)10-6-11(7-10)19-3/h8-11H,4-7H2,1-3H3,(H,15,17). The summed E-state index contributed by atoms with van der Waals surface area (Å²) in [6.07, 6.45) is 4.01. The van der Waals surface area contributed by atoms with Gasteiger partial charge in [0.05, 0.1) is 6.10 Å². The lowest BCUT2D eigenvalue weighted by atomic mass is 9.82. The molecule has 1 heterocycles. The highest BCUT2D eigenvalue weighted by Gasteiger charge is 2.56. The van der Waals surface area contributed by atoms with Gasteiger partial charge in [0.1, 0.15) is 11.6 Å². The second-order valence-corrected chi connectivity index (χ2v) is 6.34. The normalized spacial score (nSPS) is 42.9. The molecule has 5 nitrogen and oxygen atoms in total. The van der Waals surface area contributed by atoms with Crippen LogP contribution in [-0.2, 0) is 14.3 Å². The molecule has 1 N–H and O–H groups in total. The number of ether oxygens (including phenoxy) is 1. The van der Waals surface area contributed by atoms with E-state index in [0.717, 1.165) is 25.7 Å². The fourth-order valence-corrected chi connectivity index (χ4v) is 3.36. The number of methoxy groups -OCH3 is 1. The topological polar surface area (TPSA) is 58.6 Å². The summed E-state index contributed by atoms with van der Waals surface area (Å²) in [5.74, 6) is 0.397. The lowest BCUT2D eigenvalue weighted by Crippen LogP contribution is -2.72. The fourth-order valence-electron chi connectivity index (χ4n) is 3.36. The summed E-state index contributed by atoms with van der Waals surface area (Å²) >= 11 is 0. The first-order valence-electron chi connectivity index (χ1n) is 7.15. The highest BCUT2D eigenvalue weighted by molar-refractivity contribution is 6.00. The molecule has 0 aromatic carbocycles. The molecule has 2 atom stereocenters. The molecule has 0 aromatic rings. The molecule has 3 rings (SSSR count). The molecule has 5 heteroatoms. The zero-order chi connectivity index (χ0) is 13.8. The molecule has 106 valence electrons. The Bertz CT molecular complexity index is 415. The van der Waals surface area contributed by atoms with Crippen molar-refractivity contribution in [3.8, 4) is 0 Å². The van der Waals surface area contributed by atoms with Crippen LogP contribution in [0.1, 0.15) is 39.5 Å². The molecule has 0 bridgehead atoms. The van der Waals surface area contributed by atoms with E-state index in [9.17, 15) is 9.59 Å². The molecule has 0 spiro atoms. The van der Waals surface area contributed by atoms with Gasteiger partial charge in [0, 0.05) is 13.2 Å². The van der Waals surface area contributed by atoms with Crippen molar-refractivity contribution in [3.05, 3.63) is 0 Å². The Morgan fingerprint density at radius 3 is 2.47 bits per heavy atom. The number of rotatable bonds is 3. The number of carbonyl (C=O) groups excluding carboxylic acids is 2. The molecular weight excluding hydrogens is 244 g/mol. The zero-order valence-corrected chi connectivity index (χ0v) is 11.8. The van der Waals surface area contributed by atoms with Crippen molar-refractivity contribution >= 4 is 11.8 Å². The summed E-state index contributed by atoms with van der Waals surface area (Å²) in [7, 11) is 1.70. The van der Waals surface area contributed by atoms with E-state index < -0.39 is 5.54 Å². The number of carbonyl (C=O) groups is 2. The molecule has 2 unspecified atom stereocenters. The second kappa shape index (κ2) is 4.20. The summed E-state index contributed by atoms with van der Waals surface area (Å²) in [4.78, 5) is 26.8. The van der Waals surface area contributed by atoms with E-state index in [1.807, 2.05) is 18.7 Å². The van der Waals surface area contributed by atoms with E-state index in [4.69, 9.17) is 4.74 Å². The van der Waals surface area contributed by atoms with Gasteiger partial charge >= 0.3 is 0 Å². The fraction of sp³-hybridized carbons (Fsp3) is 0.857. The number of nitrogens with zero attached hydrogens (tertiary/aromatic N) is 1.